The quantitative estimate of drug-likeness (QED) is 0.657. The number of aliphatic hydroxyl groups excluding tert-OH is 1. The first kappa shape index (κ1) is 16.0. The molecule has 1 rings (SSSR count). The summed E-state index contributed by atoms with van der Waals surface area (Å²) in [6, 6.07) is -0.884. The normalized spacial score (nSPS) is 19.7. The minimum absolute atomic E-state index is 0.0191. The molecule has 0 radical (unpaired) electrons. The summed E-state index contributed by atoms with van der Waals surface area (Å²) < 4.78 is 0. The van der Waals surface area contributed by atoms with Gasteiger partial charge in [-0.05, 0) is 25.2 Å². The van der Waals surface area contributed by atoms with Gasteiger partial charge >= 0.3 is 5.97 Å². The van der Waals surface area contributed by atoms with Gasteiger partial charge < -0.3 is 15.5 Å². The lowest BCUT2D eigenvalue weighted by atomic mass is 9.85. The van der Waals surface area contributed by atoms with Crippen molar-refractivity contribution in [1.82, 2.24) is 5.32 Å². The van der Waals surface area contributed by atoms with Gasteiger partial charge in [-0.3, -0.25) is 4.79 Å². The predicted octanol–water partition coefficient (Wildman–Crippen LogP) is 1.69. The SMILES string of the molecule is CCCC[C@H](NC(=O)C(O)C1CCCCC1)C(=O)O. The molecule has 0 bridgehead atoms. The molecule has 0 aliphatic heterocycles. The van der Waals surface area contributed by atoms with Crippen molar-refractivity contribution in [2.24, 2.45) is 5.92 Å². The van der Waals surface area contributed by atoms with Crippen LogP contribution in [0.3, 0.4) is 0 Å². The predicted molar refractivity (Wildman–Crippen MR) is 71.7 cm³/mol. The van der Waals surface area contributed by atoms with Crippen LogP contribution in [0.1, 0.15) is 58.3 Å². The van der Waals surface area contributed by atoms with E-state index >= 15 is 0 Å². The van der Waals surface area contributed by atoms with Crippen LogP contribution in [0.4, 0.5) is 0 Å². The Morgan fingerprint density at radius 1 is 1.26 bits per heavy atom. The highest BCUT2D eigenvalue weighted by Crippen LogP contribution is 2.26. The molecule has 1 aliphatic carbocycles. The summed E-state index contributed by atoms with van der Waals surface area (Å²) in [5.74, 6) is -1.58. The van der Waals surface area contributed by atoms with E-state index in [1.165, 1.54) is 0 Å². The number of hydrogen-bond donors (Lipinski definition) is 3. The van der Waals surface area contributed by atoms with E-state index in [0.717, 1.165) is 44.9 Å². The van der Waals surface area contributed by atoms with Crippen molar-refractivity contribution < 1.29 is 19.8 Å². The van der Waals surface area contributed by atoms with Gasteiger partial charge in [0.25, 0.3) is 0 Å². The maximum absolute atomic E-state index is 11.9. The molecule has 1 saturated carbocycles. The van der Waals surface area contributed by atoms with Gasteiger partial charge in [0.05, 0.1) is 0 Å². The topological polar surface area (TPSA) is 86.6 Å². The maximum atomic E-state index is 11.9. The number of carboxylic acids is 1. The molecule has 0 spiro atoms. The minimum atomic E-state index is -1.07. The van der Waals surface area contributed by atoms with Crippen LogP contribution in [0.15, 0.2) is 0 Å². The van der Waals surface area contributed by atoms with Crippen molar-refractivity contribution in [3.63, 3.8) is 0 Å². The molecule has 1 aliphatic rings. The minimum Gasteiger partial charge on any atom is -0.480 e. The number of aliphatic hydroxyl groups is 1. The second kappa shape index (κ2) is 8.15. The zero-order valence-corrected chi connectivity index (χ0v) is 11.6. The van der Waals surface area contributed by atoms with Crippen LogP contribution in [-0.2, 0) is 9.59 Å². The summed E-state index contributed by atoms with van der Waals surface area (Å²) in [5, 5.41) is 21.5. The third kappa shape index (κ3) is 5.19. The van der Waals surface area contributed by atoms with Crippen molar-refractivity contribution in [2.75, 3.05) is 0 Å². The van der Waals surface area contributed by atoms with Crippen molar-refractivity contribution in [3.05, 3.63) is 0 Å². The third-order valence-corrected chi connectivity index (χ3v) is 3.83. The summed E-state index contributed by atoms with van der Waals surface area (Å²) in [6.07, 6.45) is 5.89. The van der Waals surface area contributed by atoms with Crippen LogP contribution in [0.25, 0.3) is 0 Å². The number of aliphatic carboxylic acids is 1. The van der Waals surface area contributed by atoms with Crippen LogP contribution < -0.4 is 5.32 Å². The van der Waals surface area contributed by atoms with E-state index < -0.39 is 24.0 Å². The number of rotatable bonds is 7. The van der Waals surface area contributed by atoms with Crippen LogP contribution >= 0.6 is 0 Å². The molecule has 1 fully saturated rings. The van der Waals surface area contributed by atoms with E-state index in [4.69, 9.17) is 5.11 Å². The Balaban J connectivity index is 2.47. The van der Waals surface area contributed by atoms with Crippen LogP contribution in [0.5, 0.6) is 0 Å². The van der Waals surface area contributed by atoms with Gasteiger partial charge in [0.15, 0.2) is 0 Å². The highest BCUT2D eigenvalue weighted by atomic mass is 16.4. The Kier molecular flexibility index (Phi) is 6.84. The van der Waals surface area contributed by atoms with Gasteiger partial charge in [0.2, 0.25) is 5.91 Å². The zero-order valence-electron chi connectivity index (χ0n) is 11.6. The fourth-order valence-corrected chi connectivity index (χ4v) is 2.59. The standard InChI is InChI=1S/C14H25NO4/c1-2-3-9-11(14(18)19)15-13(17)12(16)10-7-5-4-6-8-10/h10-12,16H,2-9H2,1H3,(H,15,17)(H,18,19)/t11-,12?/m0/s1. The highest BCUT2D eigenvalue weighted by molar-refractivity contribution is 5.86. The molecule has 0 aromatic carbocycles. The van der Waals surface area contributed by atoms with Gasteiger partial charge in [-0.2, -0.15) is 0 Å². The van der Waals surface area contributed by atoms with E-state index in [9.17, 15) is 14.7 Å². The molecule has 2 atom stereocenters. The summed E-state index contributed by atoms with van der Waals surface area (Å²) >= 11 is 0. The monoisotopic (exact) mass is 271 g/mol. The van der Waals surface area contributed by atoms with E-state index in [1.807, 2.05) is 6.92 Å². The molecule has 5 nitrogen and oxygen atoms in total. The lowest BCUT2D eigenvalue weighted by molar-refractivity contribution is -0.144. The summed E-state index contributed by atoms with van der Waals surface area (Å²) in [6.45, 7) is 1.97. The number of nitrogens with one attached hydrogen (secondary N) is 1. The molecule has 1 unspecified atom stereocenters. The summed E-state index contributed by atoms with van der Waals surface area (Å²) in [7, 11) is 0. The Labute approximate surface area is 114 Å². The molecule has 5 heteroatoms. The molecule has 0 heterocycles. The van der Waals surface area contributed by atoms with E-state index in [2.05, 4.69) is 5.32 Å². The number of carboxylic acid groups (broad SMARTS) is 1. The van der Waals surface area contributed by atoms with Crippen LogP contribution in [0.2, 0.25) is 0 Å². The van der Waals surface area contributed by atoms with Gasteiger partial charge in [-0.25, -0.2) is 4.79 Å². The fraction of sp³-hybridized carbons (Fsp3) is 0.857. The molecule has 1 amide bonds. The van der Waals surface area contributed by atoms with E-state index in [1.54, 1.807) is 0 Å². The first-order valence-corrected chi connectivity index (χ1v) is 7.27. The molecule has 0 saturated heterocycles. The van der Waals surface area contributed by atoms with Crippen molar-refractivity contribution in [2.45, 2.75) is 70.4 Å². The Hall–Kier alpha value is -1.10. The van der Waals surface area contributed by atoms with Gasteiger partial charge in [-0.15, -0.1) is 0 Å². The lowest BCUT2D eigenvalue weighted by Crippen LogP contribution is -2.47. The van der Waals surface area contributed by atoms with Crippen molar-refractivity contribution in [3.8, 4) is 0 Å². The first-order chi connectivity index (χ1) is 9.06. The molecular weight excluding hydrogens is 246 g/mol. The average molecular weight is 271 g/mol. The fourth-order valence-electron chi connectivity index (χ4n) is 2.59. The molecule has 110 valence electrons. The second-order valence-electron chi connectivity index (χ2n) is 5.38. The van der Waals surface area contributed by atoms with Crippen molar-refractivity contribution in [1.29, 1.82) is 0 Å². The molecular formula is C14H25NO4. The summed E-state index contributed by atoms with van der Waals surface area (Å²) in [4.78, 5) is 22.9. The number of carbonyl (C=O) groups excluding carboxylic acids is 1. The Morgan fingerprint density at radius 2 is 1.89 bits per heavy atom. The van der Waals surface area contributed by atoms with E-state index in [-0.39, 0.29) is 5.92 Å². The van der Waals surface area contributed by atoms with Gasteiger partial charge in [-0.1, -0.05) is 39.0 Å². The lowest BCUT2D eigenvalue weighted by Gasteiger charge is -2.26. The Morgan fingerprint density at radius 3 is 2.42 bits per heavy atom. The smallest absolute Gasteiger partial charge is 0.326 e. The number of unbranched alkanes of at least 4 members (excludes halogenated alkanes) is 1. The van der Waals surface area contributed by atoms with Gasteiger partial charge in [0, 0.05) is 0 Å². The number of amides is 1. The van der Waals surface area contributed by atoms with Gasteiger partial charge in [0.1, 0.15) is 12.1 Å². The summed E-state index contributed by atoms with van der Waals surface area (Å²) in [5.41, 5.74) is 0. The molecule has 19 heavy (non-hydrogen) atoms. The average Bonchev–Trinajstić information content (AvgIpc) is 2.43. The van der Waals surface area contributed by atoms with E-state index in [0.29, 0.717) is 6.42 Å². The Bertz CT molecular complexity index is 300. The number of hydrogen-bond acceptors (Lipinski definition) is 3. The molecule has 0 aromatic rings. The van der Waals surface area contributed by atoms with Crippen LogP contribution in [-0.4, -0.2) is 34.2 Å². The largest absolute Gasteiger partial charge is 0.480 e. The maximum Gasteiger partial charge on any atom is 0.326 e. The zero-order chi connectivity index (χ0) is 14.3. The first-order valence-electron chi connectivity index (χ1n) is 7.27. The third-order valence-electron chi connectivity index (χ3n) is 3.83. The molecule has 3 N–H and O–H groups in total. The number of carbonyl (C=O) groups is 2. The second-order valence-corrected chi connectivity index (χ2v) is 5.38. The molecule has 0 aromatic heterocycles. The highest BCUT2D eigenvalue weighted by Gasteiger charge is 2.30. The van der Waals surface area contributed by atoms with Crippen molar-refractivity contribution >= 4 is 11.9 Å². The van der Waals surface area contributed by atoms with Crippen LogP contribution in [0, 0.1) is 5.92 Å².